The highest BCUT2D eigenvalue weighted by Crippen LogP contribution is 2.35. The van der Waals surface area contributed by atoms with Gasteiger partial charge in [-0.2, -0.15) is 0 Å². The number of hydrogen-bond donors (Lipinski definition) is 1. The van der Waals surface area contributed by atoms with Crippen LogP contribution in [0, 0.1) is 6.92 Å². The summed E-state index contributed by atoms with van der Waals surface area (Å²) in [5.41, 5.74) is 7.20. The van der Waals surface area contributed by atoms with E-state index in [0.717, 1.165) is 22.8 Å². The molecule has 1 aliphatic rings. The topological polar surface area (TPSA) is 70.5 Å². The molecule has 3 rings (SSSR count). The summed E-state index contributed by atoms with van der Waals surface area (Å²) in [6.45, 7) is 2.49. The fourth-order valence-electron chi connectivity index (χ4n) is 1.77. The number of oxazole rings is 1. The maximum absolute atomic E-state index is 5.57. The van der Waals surface area contributed by atoms with Crippen LogP contribution in [-0.4, -0.2) is 11.8 Å². The molecule has 1 aromatic heterocycles. The highest BCUT2D eigenvalue weighted by Gasteiger charge is 2.16. The Labute approximate surface area is 98.2 Å². The van der Waals surface area contributed by atoms with Crippen molar-refractivity contribution in [2.24, 2.45) is 5.73 Å². The van der Waals surface area contributed by atoms with Crippen LogP contribution in [0.5, 0.6) is 11.5 Å². The van der Waals surface area contributed by atoms with Gasteiger partial charge in [0.25, 0.3) is 0 Å². The minimum absolute atomic E-state index is 0.261. The molecule has 0 amide bonds. The van der Waals surface area contributed by atoms with Crippen LogP contribution in [0.1, 0.15) is 11.5 Å². The lowest BCUT2D eigenvalue weighted by atomic mass is 10.2. The molecule has 1 aliphatic heterocycles. The number of ether oxygens (including phenoxy) is 2. The number of hydrogen-bond acceptors (Lipinski definition) is 5. The molecular weight excluding hydrogens is 220 g/mol. The van der Waals surface area contributed by atoms with E-state index in [0.29, 0.717) is 18.2 Å². The van der Waals surface area contributed by atoms with E-state index in [2.05, 4.69) is 4.98 Å². The van der Waals surface area contributed by atoms with Gasteiger partial charge in [-0.25, -0.2) is 4.98 Å². The van der Waals surface area contributed by atoms with Gasteiger partial charge in [-0.15, -0.1) is 0 Å². The van der Waals surface area contributed by atoms with Crippen LogP contribution < -0.4 is 15.2 Å². The zero-order valence-electron chi connectivity index (χ0n) is 9.40. The molecule has 0 aliphatic carbocycles. The molecule has 0 fully saturated rings. The van der Waals surface area contributed by atoms with Crippen LogP contribution in [0.15, 0.2) is 22.6 Å². The number of rotatable bonds is 2. The van der Waals surface area contributed by atoms with Crippen LogP contribution >= 0.6 is 0 Å². The van der Waals surface area contributed by atoms with Crippen LogP contribution in [0.25, 0.3) is 11.5 Å². The summed E-state index contributed by atoms with van der Waals surface area (Å²) in [6.07, 6.45) is 0. The smallest absolute Gasteiger partial charge is 0.231 e. The molecule has 5 heteroatoms. The Morgan fingerprint density at radius 1 is 1.29 bits per heavy atom. The van der Waals surface area contributed by atoms with E-state index in [1.165, 1.54) is 0 Å². The van der Waals surface area contributed by atoms with Gasteiger partial charge in [-0.1, -0.05) is 0 Å². The van der Waals surface area contributed by atoms with Crippen molar-refractivity contribution in [3.63, 3.8) is 0 Å². The highest BCUT2D eigenvalue weighted by molar-refractivity contribution is 5.60. The predicted molar refractivity (Wildman–Crippen MR) is 60.7 cm³/mol. The molecule has 17 heavy (non-hydrogen) atoms. The van der Waals surface area contributed by atoms with Gasteiger partial charge in [0, 0.05) is 12.1 Å². The first-order valence-corrected chi connectivity index (χ1v) is 5.34. The molecule has 2 N–H and O–H groups in total. The highest BCUT2D eigenvalue weighted by atomic mass is 16.7. The average Bonchev–Trinajstić information content (AvgIpc) is 2.93. The van der Waals surface area contributed by atoms with E-state index in [-0.39, 0.29) is 6.79 Å². The Morgan fingerprint density at radius 3 is 2.88 bits per heavy atom. The summed E-state index contributed by atoms with van der Waals surface area (Å²) in [5, 5.41) is 0. The van der Waals surface area contributed by atoms with E-state index < -0.39 is 0 Å². The third-order valence-corrected chi connectivity index (χ3v) is 2.71. The summed E-state index contributed by atoms with van der Waals surface area (Å²) in [6, 6.07) is 5.59. The standard InChI is InChI=1S/C12H12N2O3/c1-7-9(5-13)14-12(17-7)8-2-3-10-11(4-8)16-6-15-10/h2-4H,5-6,13H2,1H3. The van der Waals surface area contributed by atoms with E-state index in [1.807, 2.05) is 25.1 Å². The summed E-state index contributed by atoms with van der Waals surface area (Å²) in [7, 11) is 0. The van der Waals surface area contributed by atoms with Crippen molar-refractivity contribution in [1.82, 2.24) is 4.98 Å². The van der Waals surface area contributed by atoms with Gasteiger partial charge >= 0.3 is 0 Å². The van der Waals surface area contributed by atoms with E-state index >= 15 is 0 Å². The third-order valence-electron chi connectivity index (χ3n) is 2.71. The van der Waals surface area contributed by atoms with Gasteiger partial charge in [0.2, 0.25) is 12.7 Å². The second kappa shape index (κ2) is 3.78. The predicted octanol–water partition coefficient (Wildman–Crippen LogP) is 1.84. The lowest BCUT2D eigenvalue weighted by molar-refractivity contribution is 0.174. The van der Waals surface area contributed by atoms with E-state index in [4.69, 9.17) is 19.6 Å². The van der Waals surface area contributed by atoms with Crippen molar-refractivity contribution in [2.45, 2.75) is 13.5 Å². The Morgan fingerprint density at radius 2 is 2.12 bits per heavy atom. The Kier molecular flexibility index (Phi) is 2.26. The molecule has 2 heterocycles. The number of nitrogens with zero attached hydrogens (tertiary/aromatic N) is 1. The zero-order valence-corrected chi connectivity index (χ0v) is 9.40. The van der Waals surface area contributed by atoms with Crippen molar-refractivity contribution in [2.75, 3.05) is 6.79 Å². The lowest BCUT2D eigenvalue weighted by Gasteiger charge is -1.98. The van der Waals surface area contributed by atoms with Crippen LogP contribution in [0.2, 0.25) is 0 Å². The van der Waals surface area contributed by atoms with Gasteiger partial charge in [-0.05, 0) is 25.1 Å². The first-order valence-electron chi connectivity index (χ1n) is 5.34. The van der Waals surface area contributed by atoms with Gasteiger partial charge in [0.1, 0.15) is 5.76 Å². The van der Waals surface area contributed by atoms with E-state index in [9.17, 15) is 0 Å². The van der Waals surface area contributed by atoms with Gasteiger partial charge in [0.15, 0.2) is 11.5 Å². The number of fused-ring (bicyclic) bond motifs is 1. The monoisotopic (exact) mass is 232 g/mol. The molecule has 0 saturated carbocycles. The van der Waals surface area contributed by atoms with Crippen LogP contribution in [-0.2, 0) is 6.54 Å². The molecule has 0 spiro atoms. The van der Waals surface area contributed by atoms with Crippen LogP contribution in [0.4, 0.5) is 0 Å². The minimum atomic E-state index is 0.261. The summed E-state index contributed by atoms with van der Waals surface area (Å²) in [5.74, 6) is 2.77. The Hall–Kier alpha value is -2.01. The molecule has 88 valence electrons. The molecule has 2 aromatic rings. The van der Waals surface area contributed by atoms with Crippen molar-refractivity contribution in [3.05, 3.63) is 29.7 Å². The first kappa shape index (κ1) is 10.2. The minimum Gasteiger partial charge on any atom is -0.454 e. The molecule has 0 radical (unpaired) electrons. The maximum atomic E-state index is 5.57. The first-order chi connectivity index (χ1) is 8.28. The Bertz CT molecular complexity index is 563. The molecule has 5 nitrogen and oxygen atoms in total. The molecule has 0 bridgehead atoms. The fraction of sp³-hybridized carbons (Fsp3) is 0.250. The average molecular weight is 232 g/mol. The van der Waals surface area contributed by atoms with Gasteiger partial charge in [0.05, 0.1) is 5.69 Å². The molecular formula is C12H12N2O3. The maximum Gasteiger partial charge on any atom is 0.231 e. The summed E-state index contributed by atoms with van der Waals surface area (Å²) < 4.78 is 16.1. The van der Waals surface area contributed by atoms with Gasteiger partial charge < -0.3 is 19.6 Å². The van der Waals surface area contributed by atoms with E-state index in [1.54, 1.807) is 0 Å². The van der Waals surface area contributed by atoms with Crippen molar-refractivity contribution in [3.8, 4) is 23.0 Å². The SMILES string of the molecule is Cc1oc(-c2ccc3c(c2)OCO3)nc1CN. The number of aromatic nitrogens is 1. The molecule has 0 unspecified atom stereocenters. The normalized spacial score (nSPS) is 13.1. The third kappa shape index (κ3) is 1.64. The van der Waals surface area contributed by atoms with Crippen molar-refractivity contribution in [1.29, 1.82) is 0 Å². The number of benzene rings is 1. The van der Waals surface area contributed by atoms with Crippen LogP contribution in [0.3, 0.4) is 0 Å². The Balaban J connectivity index is 2.03. The second-order valence-corrected chi connectivity index (χ2v) is 3.79. The second-order valence-electron chi connectivity index (χ2n) is 3.79. The van der Waals surface area contributed by atoms with Gasteiger partial charge in [-0.3, -0.25) is 0 Å². The van der Waals surface area contributed by atoms with Crippen molar-refractivity contribution < 1.29 is 13.9 Å². The molecule has 1 aromatic carbocycles. The largest absolute Gasteiger partial charge is 0.454 e. The molecule has 0 saturated heterocycles. The lowest BCUT2D eigenvalue weighted by Crippen LogP contribution is -1.97. The number of aryl methyl sites for hydroxylation is 1. The zero-order chi connectivity index (χ0) is 11.8. The summed E-state index contributed by atoms with van der Waals surface area (Å²) in [4.78, 5) is 4.34. The quantitative estimate of drug-likeness (QED) is 0.855. The summed E-state index contributed by atoms with van der Waals surface area (Å²) >= 11 is 0. The number of nitrogens with two attached hydrogens (primary N) is 1. The molecule has 0 atom stereocenters. The fourth-order valence-corrected chi connectivity index (χ4v) is 1.77. The van der Waals surface area contributed by atoms with Crippen molar-refractivity contribution >= 4 is 0 Å².